The first-order valence-corrected chi connectivity index (χ1v) is 12.6. The van der Waals surface area contributed by atoms with Crippen molar-refractivity contribution in [3.63, 3.8) is 0 Å². The lowest BCUT2D eigenvalue weighted by Crippen LogP contribution is -2.29. The van der Waals surface area contributed by atoms with Crippen molar-refractivity contribution < 1.29 is 22.7 Å². The van der Waals surface area contributed by atoms with Gasteiger partial charge in [-0.25, -0.2) is 18.4 Å². The molecular formula is C19H23ClN4O5S2. The maximum atomic E-state index is 12.9. The molecule has 0 fully saturated rings. The minimum Gasteiger partial charge on any atom is -0.383 e. The number of aromatic nitrogens is 2. The molecule has 0 saturated carbocycles. The summed E-state index contributed by atoms with van der Waals surface area (Å²) in [5.74, 6) is -1.21. The Morgan fingerprint density at radius 2 is 2.00 bits per heavy atom. The van der Waals surface area contributed by atoms with Crippen molar-refractivity contribution >= 4 is 49.6 Å². The van der Waals surface area contributed by atoms with E-state index in [-0.39, 0.29) is 22.4 Å². The van der Waals surface area contributed by atoms with Crippen LogP contribution in [0.25, 0.3) is 0 Å². The molecule has 0 saturated heterocycles. The van der Waals surface area contributed by atoms with Crippen LogP contribution in [0.15, 0.2) is 11.4 Å². The van der Waals surface area contributed by atoms with Gasteiger partial charge in [-0.15, -0.1) is 11.3 Å². The van der Waals surface area contributed by atoms with Crippen LogP contribution in [0.1, 0.15) is 51.1 Å². The van der Waals surface area contributed by atoms with Crippen LogP contribution in [0.4, 0.5) is 5.00 Å². The number of hydrogen-bond donors (Lipinski definition) is 2. The number of nitrogens with zero attached hydrogens (tertiary/aromatic N) is 2. The predicted molar refractivity (Wildman–Crippen MR) is 118 cm³/mol. The molecule has 1 aliphatic rings. The van der Waals surface area contributed by atoms with Crippen molar-refractivity contribution in [3.05, 3.63) is 32.9 Å². The quantitative estimate of drug-likeness (QED) is 0.433. The number of fused-ring (bicyclic) bond motifs is 1. The number of anilines is 1. The van der Waals surface area contributed by atoms with Crippen molar-refractivity contribution in [1.29, 1.82) is 0 Å². The highest BCUT2D eigenvalue weighted by molar-refractivity contribution is 7.91. The summed E-state index contributed by atoms with van der Waals surface area (Å²) in [5.41, 5.74) is 1.10. The Kier molecular flexibility index (Phi) is 7.63. The Labute approximate surface area is 189 Å². The molecule has 0 radical (unpaired) electrons. The summed E-state index contributed by atoms with van der Waals surface area (Å²) in [6.45, 7) is 2.16. The molecule has 2 heterocycles. The lowest BCUT2D eigenvalue weighted by molar-refractivity contribution is 0.0937. The van der Waals surface area contributed by atoms with Crippen molar-refractivity contribution in [3.8, 4) is 0 Å². The van der Waals surface area contributed by atoms with Crippen molar-refractivity contribution in [1.82, 2.24) is 15.3 Å². The summed E-state index contributed by atoms with van der Waals surface area (Å²) in [6.07, 6.45) is 4.65. The summed E-state index contributed by atoms with van der Waals surface area (Å²) in [6, 6.07) is 0. The van der Waals surface area contributed by atoms with Gasteiger partial charge in [-0.3, -0.25) is 9.59 Å². The molecule has 0 aliphatic heterocycles. The van der Waals surface area contributed by atoms with Gasteiger partial charge in [0.05, 0.1) is 29.1 Å². The minimum atomic E-state index is -3.71. The first kappa shape index (κ1) is 23.6. The van der Waals surface area contributed by atoms with Gasteiger partial charge in [0.1, 0.15) is 5.00 Å². The first-order chi connectivity index (χ1) is 14.8. The first-order valence-electron chi connectivity index (χ1n) is 9.76. The number of amides is 2. The Morgan fingerprint density at radius 3 is 2.71 bits per heavy atom. The van der Waals surface area contributed by atoms with Gasteiger partial charge < -0.3 is 15.4 Å². The van der Waals surface area contributed by atoms with Gasteiger partial charge in [0.25, 0.3) is 11.8 Å². The van der Waals surface area contributed by atoms with Gasteiger partial charge >= 0.3 is 0 Å². The largest absolute Gasteiger partial charge is 0.383 e. The minimum absolute atomic E-state index is 0.0834. The molecule has 0 unspecified atom stereocenters. The summed E-state index contributed by atoms with van der Waals surface area (Å²) in [7, 11) is -2.17. The second-order valence-electron chi connectivity index (χ2n) is 6.87. The zero-order valence-electron chi connectivity index (χ0n) is 17.2. The number of halogens is 1. The van der Waals surface area contributed by atoms with E-state index in [0.29, 0.717) is 23.7 Å². The van der Waals surface area contributed by atoms with E-state index >= 15 is 0 Å². The average Bonchev–Trinajstić information content (AvgIpc) is 3.11. The van der Waals surface area contributed by atoms with Gasteiger partial charge in [-0.2, -0.15) is 0 Å². The fourth-order valence-corrected chi connectivity index (χ4v) is 5.36. The fourth-order valence-electron chi connectivity index (χ4n) is 3.20. The van der Waals surface area contributed by atoms with Crippen LogP contribution < -0.4 is 10.6 Å². The third kappa shape index (κ3) is 5.22. The van der Waals surface area contributed by atoms with Crippen LogP contribution in [0, 0.1) is 0 Å². The number of ether oxygens (including phenoxy) is 1. The predicted octanol–water partition coefficient (Wildman–Crippen LogP) is 2.49. The number of sulfone groups is 1. The van der Waals surface area contributed by atoms with Crippen LogP contribution in [0.3, 0.4) is 0 Å². The van der Waals surface area contributed by atoms with Crippen molar-refractivity contribution in [2.24, 2.45) is 0 Å². The highest BCUT2D eigenvalue weighted by Crippen LogP contribution is 2.38. The van der Waals surface area contributed by atoms with Crippen LogP contribution in [0.5, 0.6) is 0 Å². The highest BCUT2D eigenvalue weighted by Gasteiger charge is 2.28. The van der Waals surface area contributed by atoms with Crippen LogP contribution in [-0.4, -0.2) is 56.2 Å². The number of carbonyl (C=O) groups excluding carboxylic acids is 2. The SMILES string of the molecule is CCS(=O)(=O)c1ncc(Cl)c(C(=O)Nc2sc3c(c2C(=O)NCCOC)CCCC3)n1. The molecule has 2 aromatic heterocycles. The van der Waals surface area contributed by atoms with Gasteiger partial charge in [0, 0.05) is 18.5 Å². The summed E-state index contributed by atoms with van der Waals surface area (Å²) >= 11 is 7.41. The zero-order chi connectivity index (χ0) is 22.6. The van der Waals surface area contributed by atoms with Crippen LogP contribution in [0.2, 0.25) is 5.02 Å². The molecule has 168 valence electrons. The van der Waals surface area contributed by atoms with Gasteiger partial charge in [-0.05, 0) is 31.2 Å². The monoisotopic (exact) mass is 486 g/mol. The Morgan fingerprint density at radius 1 is 1.26 bits per heavy atom. The third-order valence-corrected chi connectivity index (χ3v) is 7.81. The molecule has 1 aliphatic carbocycles. The number of thiophene rings is 1. The van der Waals surface area contributed by atoms with Crippen molar-refractivity contribution in [2.75, 3.05) is 31.3 Å². The number of hydrogen-bond acceptors (Lipinski definition) is 8. The number of aryl methyl sites for hydroxylation is 1. The van der Waals surface area contributed by atoms with E-state index < -0.39 is 20.9 Å². The third-order valence-electron chi connectivity index (χ3n) is 4.81. The number of rotatable bonds is 8. The van der Waals surface area contributed by atoms with E-state index in [9.17, 15) is 18.0 Å². The molecule has 2 aromatic rings. The number of carbonyl (C=O) groups is 2. The summed E-state index contributed by atoms with van der Waals surface area (Å²) in [5, 5.41) is 5.35. The highest BCUT2D eigenvalue weighted by atomic mass is 35.5. The van der Waals surface area contributed by atoms with Crippen LogP contribution >= 0.6 is 22.9 Å². The Balaban J connectivity index is 1.94. The summed E-state index contributed by atoms with van der Waals surface area (Å²) < 4.78 is 29.1. The molecule has 12 heteroatoms. The van der Waals surface area contributed by atoms with Crippen molar-refractivity contribution in [2.45, 2.75) is 37.8 Å². The van der Waals surface area contributed by atoms with Crippen LogP contribution in [-0.2, 0) is 27.4 Å². The van der Waals surface area contributed by atoms with E-state index in [4.69, 9.17) is 16.3 Å². The Hall–Kier alpha value is -2.08. The fraction of sp³-hybridized carbons (Fsp3) is 0.474. The maximum Gasteiger partial charge on any atom is 0.276 e. The molecule has 3 rings (SSSR count). The molecule has 9 nitrogen and oxygen atoms in total. The van der Waals surface area contributed by atoms with Gasteiger partial charge in [0.2, 0.25) is 15.0 Å². The molecule has 2 N–H and O–H groups in total. The van der Waals surface area contributed by atoms with E-state index in [2.05, 4.69) is 20.6 Å². The molecule has 31 heavy (non-hydrogen) atoms. The standard InChI is InChI=1S/C19H23ClN4O5S2/c1-3-31(27,28)19-22-10-12(20)15(23-19)17(26)24-18-14(16(25)21-8-9-29-2)11-6-4-5-7-13(11)30-18/h10H,3-9H2,1-2H3,(H,21,25)(H,24,26). The molecule has 2 amide bonds. The molecule has 0 spiro atoms. The Bertz CT molecular complexity index is 1100. The van der Waals surface area contributed by atoms with Gasteiger partial charge in [-0.1, -0.05) is 18.5 Å². The van der Waals surface area contributed by atoms with Gasteiger partial charge in [0.15, 0.2) is 5.69 Å². The lowest BCUT2D eigenvalue weighted by atomic mass is 9.95. The smallest absolute Gasteiger partial charge is 0.276 e. The zero-order valence-corrected chi connectivity index (χ0v) is 19.5. The maximum absolute atomic E-state index is 12.9. The molecule has 0 bridgehead atoms. The summed E-state index contributed by atoms with van der Waals surface area (Å²) in [4.78, 5) is 34.4. The second-order valence-corrected chi connectivity index (χ2v) is 10.6. The average molecular weight is 487 g/mol. The molecule has 0 atom stereocenters. The molecular weight excluding hydrogens is 464 g/mol. The molecule has 0 aromatic carbocycles. The van der Waals surface area contributed by atoms with E-state index in [0.717, 1.165) is 42.3 Å². The number of nitrogens with one attached hydrogen (secondary N) is 2. The van der Waals surface area contributed by atoms with E-state index in [1.54, 1.807) is 7.11 Å². The second kappa shape index (κ2) is 10.0. The van der Waals surface area contributed by atoms with E-state index in [1.807, 2.05) is 0 Å². The lowest BCUT2D eigenvalue weighted by Gasteiger charge is -2.13. The number of methoxy groups -OCH3 is 1. The normalized spacial score (nSPS) is 13.5. The van der Waals surface area contributed by atoms with E-state index in [1.165, 1.54) is 18.3 Å². The topological polar surface area (TPSA) is 127 Å².